The molecule has 136 valence electrons. The van der Waals surface area contributed by atoms with Gasteiger partial charge in [-0.25, -0.2) is 0 Å². The molecule has 0 saturated carbocycles. The summed E-state index contributed by atoms with van der Waals surface area (Å²) in [6.45, 7) is 8.08. The van der Waals surface area contributed by atoms with Crippen molar-refractivity contribution in [2.75, 3.05) is 26.7 Å². The maximum Gasteiger partial charge on any atom is 0.246 e. The van der Waals surface area contributed by atoms with E-state index in [1.54, 1.807) is 13.8 Å². The lowest BCUT2D eigenvalue weighted by Gasteiger charge is -2.40. The highest BCUT2D eigenvalue weighted by Crippen LogP contribution is 2.22. The summed E-state index contributed by atoms with van der Waals surface area (Å²) in [5.41, 5.74) is 0.905. The minimum Gasteiger partial charge on any atom is -0.347 e. The topological polar surface area (TPSA) is 111 Å². The number of hydroxylamine groups is 1. The third-order valence-corrected chi connectivity index (χ3v) is 4.38. The Bertz CT molecular complexity index is 484. The Morgan fingerprint density at radius 1 is 1.29 bits per heavy atom. The van der Waals surface area contributed by atoms with Crippen molar-refractivity contribution in [3.05, 3.63) is 12.7 Å². The van der Waals surface area contributed by atoms with E-state index in [4.69, 9.17) is 0 Å². The number of nitrogens with one attached hydrogen (secondary N) is 3. The average Bonchev–Trinajstić information content (AvgIpc) is 2.54. The average molecular weight is 340 g/mol. The molecule has 1 heterocycles. The van der Waals surface area contributed by atoms with Gasteiger partial charge in [-0.15, -0.1) is 0 Å². The molecule has 0 radical (unpaired) electrons. The predicted molar refractivity (Wildman–Crippen MR) is 89.4 cm³/mol. The molecule has 24 heavy (non-hydrogen) atoms. The number of carbonyl (C=O) groups is 3. The van der Waals surface area contributed by atoms with Crippen LogP contribution >= 0.6 is 0 Å². The molecule has 4 N–H and O–H groups in total. The number of ketones is 1. The number of nitrogens with zero attached hydrogens (tertiary/aromatic N) is 1. The number of piperidine rings is 1. The van der Waals surface area contributed by atoms with E-state index in [0.29, 0.717) is 25.9 Å². The van der Waals surface area contributed by atoms with Gasteiger partial charge in [-0.1, -0.05) is 20.4 Å². The minimum atomic E-state index is -1.09. The van der Waals surface area contributed by atoms with E-state index in [1.807, 2.05) is 12.5 Å². The van der Waals surface area contributed by atoms with E-state index >= 15 is 0 Å². The van der Waals surface area contributed by atoms with Crippen molar-refractivity contribution in [2.45, 2.75) is 38.3 Å². The molecule has 8 nitrogen and oxygen atoms in total. The molecule has 1 atom stereocenters. The second kappa shape index (κ2) is 8.91. The molecule has 1 aliphatic heterocycles. The van der Waals surface area contributed by atoms with Crippen LogP contribution in [0.4, 0.5) is 0 Å². The molecule has 0 bridgehead atoms. The van der Waals surface area contributed by atoms with Crippen LogP contribution in [0.15, 0.2) is 12.7 Å². The molecular weight excluding hydrogens is 312 g/mol. The van der Waals surface area contributed by atoms with Crippen molar-refractivity contribution in [1.82, 2.24) is 21.0 Å². The first-order chi connectivity index (χ1) is 11.3. The van der Waals surface area contributed by atoms with Crippen molar-refractivity contribution in [2.24, 2.45) is 5.92 Å². The van der Waals surface area contributed by atoms with Crippen LogP contribution in [0.3, 0.4) is 0 Å². The van der Waals surface area contributed by atoms with Crippen molar-refractivity contribution >= 4 is 17.6 Å². The Kier molecular flexibility index (Phi) is 7.53. The molecule has 0 aromatic carbocycles. The Morgan fingerprint density at radius 3 is 2.33 bits per heavy atom. The molecule has 0 unspecified atom stereocenters. The zero-order chi connectivity index (χ0) is 18.3. The number of hydrogen-bond donors (Lipinski definition) is 4. The molecular formula is C16H28N4O4. The molecule has 8 heteroatoms. The third-order valence-electron chi connectivity index (χ3n) is 4.38. The van der Waals surface area contributed by atoms with E-state index in [9.17, 15) is 19.6 Å². The number of rotatable bonds is 8. The van der Waals surface area contributed by atoms with Crippen LogP contribution in [-0.4, -0.2) is 66.0 Å². The van der Waals surface area contributed by atoms with Gasteiger partial charge in [0.25, 0.3) is 0 Å². The second-order valence-corrected chi connectivity index (χ2v) is 6.58. The smallest absolute Gasteiger partial charge is 0.246 e. The fourth-order valence-corrected chi connectivity index (χ4v) is 2.64. The van der Waals surface area contributed by atoms with Crippen molar-refractivity contribution in [3.63, 3.8) is 0 Å². The van der Waals surface area contributed by atoms with E-state index in [1.165, 1.54) is 0 Å². The highest BCUT2D eigenvalue weighted by molar-refractivity contribution is 5.97. The summed E-state index contributed by atoms with van der Waals surface area (Å²) < 4.78 is 0. The zero-order valence-electron chi connectivity index (χ0n) is 14.6. The van der Waals surface area contributed by atoms with Gasteiger partial charge < -0.3 is 20.7 Å². The lowest BCUT2D eigenvalue weighted by Crippen LogP contribution is -2.65. The first-order valence-corrected chi connectivity index (χ1v) is 8.09. The van der Waals surface area contributed by atoms with Gasteiger partial charge in [0.05, 0.1) is 6.54 Å². The van der Waals surface area contributed by atoms with Gasteiger partial charge in [0, 0.05) is 13.1 Å². The van der Waals surface area contributed by atoms with Gasteiger partial charge in [0.1, 0.15) is 11.6 Å². The van der Waals surface area contributed by atoms with E-state index in [-0.39, 0.29) is 24.2 Å². The van der Waals surface area contributed by atoms with Crippen LogP contribution in [0.2, 0.25) is 0 Å². The Labute approximate surface area is 142 Å². The van der Waals surface area contributed by atoms with Crippen LogP contribution in [0.25, 0.3) is 0 Å². The fourth-order valence-electron chi connectivity index (χ4n) is 2.64. The van der Waals surface area contributed by atoms with Gasteiger partial charge in [0.15, 0.2) is 5.78 Å². The molecule has 0 aromatic rings. The fraction of sp³-hybridized carbons (Fsp3) is 0.688. The largest absolute Gasteiger partial charge is 0.347 e. The molecule has 0 spiro atoms. The van der Waals surface area contributed by atoms with Gasteiger partial charge >= 0.3 is 0 Å². The molecule has 2 amide bonds. The number of likely N-dealkylation sites (tertiary alicyclic amines) is 1. The number of carbonyl (C=O) groups excluding carboxylic acids is 3. The molecule has 1 fully saturated rings. The number of amides is 2. The highest BCUT2D eigenvalue weighted by Gasteiger charge is 2.43. The maximum atomic E-state index is 12.6. The molecule has 0 aromatic heterocycles. The molecule has 1 rings (SSSR count). The molecule has 1 aliphatic rings. The highest BCUT2D eigenvalue weighted by atomic mass is 16.5. The van der Waals surface area contributed by atoms with Gasteiger partial charge in [-0.3, -0.25) is 14.4 Å². The van der Waals surface area contributed by atoms with Gasteiger partial charge in [-0.2, -0.15) is 5.48 Å². The summed E-state index contributed by atoms with van der Waals surface area (Å²) >= 11 is 0. The van der Waals surface area contributed by atoms with Crippen molar-refractivity contribution in [3.8, 4) is 0 Å². The summed E-state index contributed by atoms with van der Waals surface area (Å²) in [5.74, 6) is -1.28. The lowest BCUT2D eigenvalue weighted by atomic mass is 9.85. The summed E-state index contributed by atoms with van der Waals surface area (Å²) in [6, 6.07) is -0.816. The second-order valence-electron chi connectivity index (χ2n) is 6.58. The summed E-state index contributed by atoms with van der Waals surface area (Å²) in [4.78, 5) is 38.5. The first kappa shape index (κ1) is 20.3. The van der Waals surface area contributed by atoms with Gasteiger partial charge in [-0.05, 0) is 31.9 Å². The predicted octanol–water partition coefficient (Wildman–Crippen LogP) is -0.558. The van der Waals surface area contributed by atoms with Gasteiger partial charge in [0.2, 0.25) is 11.8 Å². The van der Waals surface area contributed by atoms with Crippen LogP contribution in [-0.2, 0) is 14.4 Å². The lowest BCUT2D eigenvalue weighted by molar-refractivity contribution is -0.138. The van der Waals surface area contributed by atoms with E-state index in [0.717, 1.165) is 6.08 Å². The summed E-state index contributed by atoms with van der Waals surface area (Å²) in [7, 11) is 1.94. The summed E-state index contributed by atoms with van der Waals surface area (Å²) in [6.07, 6.45) is 2.00. The van der Waals surface area contributed by atoms with Crippen LogP contribution < -0.4 is 16.1 Å². The Morgan fingerprint density at radius 2 is 1.88 bits per heavy atom. The van der Waals surface area contributed by atoms with Crippen molar-refractivity contribution < 1.29 is 19.6 Å². The van der Waals surface area contributed by atoms with E-state index in [2.05, 4.69) is 22.1 Å². The first-order valence-electron chi connectivity index (χ1n) is 8.09. The number of hydrogen-bond acceptors (Lipinski definition) is 6. The normalized spacial score (nSPS) is 18.7. The van der Waals surface area contributed by atoms with E-state index < -0.39 is 17.5 Å². The van der Waals surface area contributed by atoms with Crippen LogP contribution in [0.5, 0.6) is 0 Å². The monoisotopic (exact) mass is 340 g/mol. The third kappa shape index (κ3) is 5.12. The van der Waals surface area contributed by atoms with Crippen LogP contribution in [0, 0.1) is 5.92 Å². The quantitative estimate of drug-likeness (QED) is 0.348. The summed E-state index contributed by atoms with van der Waals surface area (Å²) in [5, 5.41) is 14.6. The standard InChI is InChI=1S/C16H28N4O4/c1-5-12(21)10-17-15(23)16(6-8-20(4)9-7-16)18-14(22)13(19-24)11(2)3/h5,11,13,19,24H,1,6-10H2,2-4H3,(H,17,23)(H,18,22)/t13-/m0/s1. The molecule has 0 aliphatic carbocycles. The maximum absolute atomic E-state index is 12.6. The molecule has 1 saturated heterocycles. The Balaban J connectivity index is 2.90. The minimum absolute atomic E-state index is 0.149. The van der Waals surface area contributed by atoms with Crippen molar-refractivity contribution in [1.29, 1.82) is 0 Å². The Hall–Kier alpha value is -1.77. The SMILES string of the molecule is C=CC(=O)CNC(=O)C1(NC(=O)[C@@H](NO)C(C)C)CCN(C)CC1. The van der Waals surface area contributed by atoms with Crippen LogP contribution in [0.1, 0.15) is 26.7 Å². The zero-order valence-corrected chi connectivity index (χ0v) is 14.6.